The second-order valence-corrected chi connectivity index (χ2v) is 7.81. The quantitative estimate of drug-likeness (QED) is 0.707. The molecular formula is C21H23F2NO3S. The Kier molecular flexibility index (Phi) is 6.91. The zero-order valence-corrected chi connectivity index (χ0v) is 16.5. The molecule has 28 heavy (non-hydrogen) atoms. The Hall–Kier alpha value is -2.12. The molecule has 1 N–H and O–H groups in total. The van der Waals surface area contributed by atoms with Gasteiger partial charge in [0.05, 0.1) is 12.9 Å². The Morgan fingerprint density at radius 2 is 1.86 bits per heavy atom. The van der Waals surface area contributed by atoms with Crippen molar-refractivity contribution in [3.63, 3.8) is 0 Å². The number of carbonyl (C=O) groups excluding carboxylic acids is 1. The van der Waals surface area contributed by atoms with Crippen molar-refractivity contribution < 1.29 is 23.0 Å². The molecule has 0 unspecified atom stereocenters. The second-order valence-electron chi connectivity index (χ2n) is 6.76. The van der Waals surface area contributed by atoms with Gasteiger partial charge in [0.1, 0.15) is 5.75 Å². The molecule has 0 radical (unpaired) electrons. The van der Waals surface area contributed by atoms with Crippen LogP contribution < -0.4 is 10.1 Å². The van der Waals surface area contributed by atoms with Gasteiger partial charge < -0.3 is 14.8 Å². The molecule has 4 nitrogen and oxygen atoms in total. The normalized spacial score (nSPS) is 15.8. The van der Waals surface area contributed by atoms with Crippen molar-refractivity contribution in [1.82, 2.24) is 5.32 Å². The van der Waals surface area contributed by atoms with E-state index in [1.807, 2.05) is 24.3 Å². The maximum absolute atomic E-state index is 13.3. The van der Waals surface area contributed by atoms with E-state index in [1.165, 1.54) is 17.8 Å². The third kappa shape index (κ3) is 5.02. The minimum absolute atomic E-state index is 0.139. The highest BCUT2D eigenvalue weighted by Gasteiger charge is 2.34. The number of hydrogen-bond donors (Lipinski definition) is 1. The molecule has 1 amide bonds. The van der Waals surface area contributed by atoms with Crippen LogP contribution in [0.2, 0.25) is 0 Å². The lowest BCUT2D eigenvalue weighted by molar-refractivity contribution is -0.119. The van der Waals surface area contributed by atoms with Gasteiger partial charge in [0.15, 0.2) is 11.6 Å². The number of ether oxygens (including phenoxy) is 2. The summed E-state index contributed by atoms with van der Waals surface area (Å²) in [6.45, 7) is 1.79. The Morgan fingerprint density at radius 3 is 2.50 bits per heavy atom. The molecule has 0 spiro atoms. The average molecular weight is 407 g/mol. The van der Waals surface area contributed by atoms with E-state index < -0.39 is 11.6 Å². The summed E-state index contributed by atoms with van der Waals surface area (Å²) in [5, 5.41) is 3.00. The van der Waals surface area contributed by atoms with Gasteiger partial charge in [-0.05, 0) is 48.7 Å². The lowest BCUT2D eigenvalue weighted by Gasteiger charge is -2.38. The van der Waals surface area contributed by atoms with Crippen LogP contribution in [0, 0.1) is 11.6 Å². The van der Waals surface area contributed by atoms with Crippen LogP contribution in [0.3, 0.4) is 0 Å². The Labute approximate surface area is 167 Å². The first kappa shape index (κ1) is 20.6. The summed E-state index contributed by atoms with van der Waals surface area (Å²) in [5.41, 5.74) is 0.956. The van der Waals surface area contributed by atoms with Crippen molar-refractivity contribution in [2.45, 2.75) is 23.2 Å². The minimum atomic E-state index is -0.911. The van der Waals surface area contributed by atoms with Gasteiger partial charge in [0, 0.05) is 30.1 Å². The highest BCUT2D eigenvalue weighted by Crippen LogP contribution is 2.35. The van der Waals surface area contributed by atoms with Crippen LogP contribution >= 0.6 is 11.8 Å². The molecule has 0 aromatic heterocycles. The van der Waals surface area contributed by atoms with Gasteiger partial charge in [-0.1, -0.05) is 12.1 Å². The summed E-state index contributed by atoms with van der Waals surface area (Å²) in [5.74, 6) is -1.02. The molecular weight excluding hydrogens is 384 g/mol. The van der Waals surface area contributed by atoms with E-state index in [4.69, 9.17) is 9.47 Å². The van der Waals surface area contributed by atoms with E-state index in [1.54, 1.807) is 7.11 Å². The number of halogens is 2. The number of hydrogen-bond acceptors (Lipinski definition) is 4. The molecule has 2 aromatic rings. The number of thioether (sulfide) groups is 1. The molecule has 2 aromatic carbocycles. The predicted octanol–water partition coefficient (Wildman–Crippen LogP) is 3.93. The van der Waals surface area contributed by atoms with Crippen molar-refractivity contribution >= 4 is 17.7 Å². The van der Waals surface area contributed by atoms with Gasteiger partial charge in [-0.25, -0.2) is 8.78 Å². The fourth-order valence-electron chi connectivity index (χ4n) is 3.31. The largest absolute Gasteiger partial charge is 0.497 e. The minimum Gasteiger partial charge on any atom is -0.497 e. The average Bonchev–Trinajstić information content (AvgIpc) is 2.74. The maximum atomic E-state index is 13.3. The van der Waals surface area contributed by atoms with Gasteiger partial charge in [-0.15, -0.1) is 11.8 Å². The van der Waals surface area contributed by atoms with Crippen LogP contribution in [0.5, 0.6) is 5.75 Å². The molecule has 0 atom stereocenters. The first-order chi connectivity index (χ1) is 13.5. The standard InChI is InChI=1S/C21H23F2NO3S/c1-26-16-4-2-15(3-5-16)21(8-10-27-11-9-21)14-24-20(25)13-28-17-6-7-18(22)19(23)12-17/h2-7,12H,8-11,13-14H2,1H3,(H,24,25). The molecule has 0 saturated carbocycles. The monoisotopic (exact) mass is 407 g/mol. The fraction of sp³-hybridized carbons (Fsp3) is 0.381. The molecule has 1 fully saturated rings. The maximum Gasteiger partial charge on any atom is 0.230 e. The lowest BCUT2D eigenvalue weighted by Crippen LogP contribution is -2.45. The van der Waals surface area contributed by atoms with Gasteiger partial charge in [-0.2, -0.15) is 0 Å². The summed E-state index contributed by atoms with van der Waals surface area (Å²) < 4.78 is 37.0. The number of amides is 1. The zero-order chi connectivity index (χ0) is 20.0. The molecule has 7 heteroatoms. The predicted molar refractivity (Wildman–Crippen MR) is 105 cm³/mol. The van der Waals surface area contributed by atoms with Gasteiger partial charge in [0.25, 0.3) is 0 Å². The Bertz CT molecular complexity index is 808. The van der Waals surface area contributed by atoms with E-state index in [0.717, 1.165) is 36.3 Å². The van der Waals surface area contributed by atoms with Crippen LogP contribution in [0.15, 0.2) is 47.4 Å². The molecule has 1 aliphatic heterocycles. The second kappa shape index (κ2) is 9.39. The highest BCUT2D eigenvalue weighted by molar-refractivity contribution is 8.00. The van der Waals surface area contributed by atoms with Crippen molar-refractivity contribution in [3.05, 3.63) is 59.7 Å². The number of rotatable bonds is 7. The summed E-state index contributed by atoms with van der Waals surface area (Å²) in [7, 11) is 1.63. The molecule has 0 bridgehead atoms. The van der Waals surface area contributed by atoms with E-state index in [2.05, 4.69) is 5.32 Å². The first-order valence-corrected chi connectivity index (χ1v) is 10.1. The summed E-state index contributed by atoms with van der Waals surface area (Å²) >= 11 is 1.18. The Morgan fingerprint density at radius 1 is 1.14 bits per heavy atom. The van der Waals surface area contributed by atoms with Crippen molar-refractivity contribution in [3.8, 4) is 5.75 Å². The van der Waals surface area contributed by atoms with E-state index in [0.29, 0.717) is 24.7 Å². The van der Waals surface area contributed by atoms with Gasteiger partial charge in [0.2, 0.25) is 5.91 Å². The molecule has 1 aliphatic rings. The topological polar surface area (TPSA) is 47.6 Å². The summed E-state index contributed by atoms with van der Waals surface area (Å²) in [4.78, 5) is 12.9. The number of nitrogens with one attached hydrogen (secondary N) is 1. The number of carbonyl (C=O) groups is 1. The van der Waals surface area contributed by atoms with Crippen LogP contribution in [-0.4, -0.2) is 38.5 Å². The van der Waals surface area contributed by atoms with Crippen molar-refractivity contribution in [2.75, 3.05) is 32.6 Å². The van der Waals surface area contributed by atoms with Crippen LogP contribution in [0.4, 0.5) is 8.78 Å². The molecule has 1 heterocycles. The SMILES string of the molecule is COc1ccc(C2(CNC(=O)CSc3ccc(F)c(F)c3)CCOCC2)cc1. The summed E-state index contributed by atoms with van der Waals surface area (Å²) in [6, 6.07) is 11.5. The summed E-state index contributed by atoms with van der Waals surface area (Å²) in [6.07, 6.45) is 1.63. The van der Waals surface area contributed by atoms with Crippen LogP contribution in [0.1, 0.15) is 18.4 Å². The van der Waals surface area contributed by atoms with Crippen molar-refractivity contribution in [2.24, 2.45) is 0 Å². The number of methoxy groups -OCH3 is 1. The third-order valence-corrected chi connectivity index (χ3v) is 6.03. The molecule has 150 valence electrons. The van der Waals surface area contributed by atoms with E-state index in [9.17, 15) is 13.6 Å². The van der Waals surface area contributed by atoms with Crippen LogP contribution in [0.25, 0.3) is 0 Å². The highest BCUT2D eigenvalue weighted by atomic mass is 32.2. The molecule has 0 aliphatic carbocycles. The fourth-order valence-corrected chi connectivity index (χ4v) is 4.06. The van der Waals surface area contributed by atoms with Crippen LogP contribution in [-0.2, 0) is 14.9 Å². The zero-order valence-electron chi connectivity index (χ0n) is 15.7. The number of benzene rings is 2. The van der Waals surface area contributed by atoms with E-state index >= 15 is 0 Å². The van der Waals surface area contributed by atoms with Gasteiger partial charge in [-0.3, -0.25) is 4.79 Å². The smallest absolute Gasteiger partial charge is 0.230 e. The molecule has 1 saturated heterocycles. The lowest BCUT2D eigenvalue weighted by atomic mass is 9.74. The Balaban J connectivity index is 1.61. The first-order valence-electron chi connectivity index (χ1n) is 9.09. The molecule has 3 rings (SSSR count). The van der Waals surface area contributed by atoms with E-state index in [-0.39, 0.29) is 17.1 Å². The van der Waals surface area contributed by atoms with Crippen molar-refractivity contribution in [1.29, 1.82) is 0 Å². The van der Waals surface area contributed by atoms with Gasteiger partial charge >= 0.3 is 0 Å². The third-order valence-electron chi connectivity index (χ3n) is 5.04.